The van der Waals surface area contributed by atoms with Crippen LogP contribution in [-0.2, 0) is 21.7 Å². The Kier molecular flexibility index (Phi) is 12.9. The molecule has 0 spiro atoms. The van der Waals surface area contributed by atoms with Crippen molar-refractivity contribution in [2.45, 2.75) is 105 Å². The van der Waals surface area contributed by atoms with E-state index in [1.54, 1.807) is 0 Å². The van der Waals surface area contributed by atoms with Crippen LogP contribution in [0.5, 0.6) is 0 Å². The van der Waals surface area contributed by atoms with Crippen LogP contribution in [0.1, 0.15) is 105 Å². The first-order chi connectivity index (χ1) is 39.7. The van der Waals surface area contributed by atoms with Gasteiger partial charge in [-0.15, -0.1) is 0 Å². The van der Waals surface area contributed by atoms with Crippen molar-refractivity contribution in [1.29, 1.82) is 0 Å². The molecule has 4 nitrogen and oxygen atoms in total. The number of oxazole rings is 1. The Morgan fingerprint density at radius 2 is 0.735 bits per heavy atom. The summed E-state index contributed by atoms with van der Waals surface area (Å²) in [5.41, 5.74) is 20.5. The molecule has 0 unspecified atom stereocenters. The third kappa shape index (κ3) is 9.36. The minimum atomic E-state index is -3.15. The van der Waals surface area contributed by atoms with Gasteiger partial charge < -0.3 is 14.2 Å². The van der Waals surface area contributed by atoms with Gasteiger partial charge in [0.1, 0.15) is 5.52 Å². The molecular formula is C77H74BN3OSi. The zero-order valence-electron chi connectivity index (χ0n) is 50.3. The van der Waals surface area contributed by atoms with E-state index >= 15 is 0 Å². The number of rotatable bonds is 8. The first-order valence-corrected chi connectivity index (χ1v) is 31.6. The Morgan fingerprint density at radius 3 is 1.18 bits per heavy atom. The van der Waals surface area contributed by atoms with E-state index in [-0.39, 0.29) is 28.4 Å². The standard InChI is InChI=1S/C77H74BN3OSi/c1-74(2,3)54-34-32-52(33-35-54)51-28-30-53(31-29-51)73-79-66-50-68-65(49-71(66)82-73)78-64-46-57(77(10,11)12)40-45-67(64)80(58-41-36-55(37-42-58)75(4,5)6)69-47-63(48-70(72(69)78)81(68)59-43-38-56(39-44-59)76(7,8)9)83(60-22-16-13-17-23-60,61-24-18-14-19-25-61)62-26-20-15-21-27-62/h13-50H,1-12H3. The number of nitrogens with zero attached hydrogens (tertiary/aromatic N) is 3. The second kappa shape index (κ2) is 19.9. The summed E-state index contributed by atoms with van der Waals surface area (Å²) in [6, 6.07) is 87.6. The predicted molar refractivity (Wildman–Crippen MR) is 357 cm³/mol. The highest BCUT2D eigenvalue weighted by molar-refractivity contribution is 7.20. The van der Waals surface area contributed by atoms with E-state index in [4.69, 9.17) is 9.40 Å². The molecule has 13 rings (SSSR count). The van der Waals surface area contributed by atoms with Crippen molar-refractivity contribution in [3.63, 3.8) is 0 Å². The summed E-state index contributed by atoms with van der Waals surface area (Å²) < 4.78 is 7.01. The molecule has 0 aliphatic carbocycles. The van der Waals surface area contributed by atoms with Crippen LogP contribution >= 0.6 is 0 Å². The fourth-order valence-corrected chi connectivity index (χ4v) is 17.8. The van der Waals surface area contributed by atoms with E-state index in [0.717, 1.165) is 45.0 Å². The molecule has 11 aromatic rings. The Bertz CT molecular complexity index is 4100. The highest BCUT2D eigenvalue weighted by Gasteiger charge is 2.48. The number of benzene rings is 10. The third-order valence-corrected chi connectivity index (χ3v) is 22.4. The summed E-state index contributed by atoms with van der Waals surface area (Å²) in [5, 5.41) is 5.29. The molecule has 2 aliphatic rings. The third-order valence-electron chi connectivity index (χ3n) is 17.7. The summed E-state index contributed by atoms with van der Waals surface area (Å²) in [4.78, 5) is 10.5. The molecule has 2 aliphatic heterocycles. The molecule has 10 aromatic carbocycles. The average Bonchev–Trinajstić information content (AvgIpc) is 2.42. The Hall–Kier alpha value is -8.45. The lowest BCUT2D eigenvalue weighted by molar-refractivity contribution is 0.590. The summed E-state index contributed by atoms with van der Waals surface area (Å²) >= 11 is 0. The highest BCUT2D eigenvalue weighted by Crippen LogP contribution is 2.46. The normalized spacial score (nSPS) is 13.5. The van der Waals surface area contributed by atoms with Gasteiger partial charge in [0.05, 0.1) is 0 Å². The van der Waals surface area contributed by atoms with E-state index < -0.39 is 8.07 Å². The number of hydrogen-bond donors (Lipinski definition) is 0. The summed E-state index contributed by atoms with van der Waals surface area (Å²) in [7, 11) is -3.15. The first-order valence-electron chi connectivity index (χ1n) is 29.6. The lowest BCUT2D eigenvalue weighted by Gasteiger charge is -2.46. The fraction of sp³-hybridized carbons (Fsp3) is 0.208. The SMILES string of the molecule is CC(C)(C)c1ccc(-c2ccc(-c3nc4cc5c(cc4o3)B3c4cc(C(C)(C)C)ccc4N(c4ccc(C(C)(C)C)cc4)c4cc([Si](c6ccccc6)(c6ccccc6)c6ccccc6)cc(c43)N5c3ccc(C(C)(C)C)cc3)cc2)cc1. The van der Waals surface area contributed by atoms with Crippen LogP contribution < -0.4 is 46.9 Å². The first kappa shape index (κ1) is 53.8. The molecule has 6 heteroatoms. The van der Waals surface area contributed by atoms with Gasteiger partial charge in [0.15, 0.2) is 13.7 Å². The molecule has 1 aromatic heterocycles. The van der Waals surface area contributed by atoms with Crippen LogP contribution in [0.25, 0.3) is 33.7 Å². The van der Waals surface area contributed by atoms with Gasteiger partial charge in [-0.2, -0.15) is 0 Å². The molecule has 0 saturated carbocycles. The van der Waals surface area contributed by atoms with Crippen molar-refractivity contribution in [3.8, 4) is 22.6 Å². The minimum absolute atomic E-state index is 0.0165. The van der Waals surface area contributed by atoms with Crippen molar-refractivity contribution in [3.05, 3.63) is 253 Å². The molecule has 0 fully saturated rings. The fourth-order valence-electron chi connectivity index (χ4n) is 13.0. The zero-order valence-corrected chi connectivity index (χ0v) is 51.3. The molecule has 0 atom stereocenters. The van der Waals surface area contributed by atoms with Gasteiger partial charge in [-0.25, -0.2) is 4.98 Å². The van der Waals surface area contributed by atoms with Crippen molar-refractivity contribution in [2.24, 2.45) is 0 Å². The summed E-state index contributed by atoms with van der Waals surface area (Å²) in [5.74, 6) is 0.604. The number of hydrogen-bond acceptors (Lipinski definition) is 4. The Balaban J connectivity index is 1.12. The molecule has 0 bridgehead atoms. The van der Waals surface area contributed by atoms with Gasteiger partial charge in [0.2, 0.25) is 5.89 Å². The second-order valence-electron chi connectivity index (χ2n) is 27.3. The van der Waals surface area contributed by atoms with Gasteiger partial charge in [-0.05, 0) is 159 Å². The molecule has 0 saturated heterocycles. The van der Waals surface area contributed by atoms with Crippen molar-refractivity contribution >= 4 is 97.1 Å². The van der Waals surface area contributed by atoms with Crippen LogP contribution in [0.15, 0.2) is 235 Å². The van der Waals surface area contributed by atoms with Crippen LogP contribution in [-0.4, -0.2) is 19.8 Å². The van der Waals surface area contributed by atoms with E-state index in [2.05, 4.69) is 323 Å². The maximum absolute atomic E-state index is 7.01. The van der Waals surface area contributed by atoms with Crippen LogP contribution in [0, 0.1) is 0 Å². The monoisotopic (exact) mass is 1100 g/mol. The van der Waals surface area contributed by atoms with Gasteiger partial charge in [-0.1, -0.05) is 247 Å². The molecular weight excluding hydrogens is 1020 g/mol. The van der Waals surface area contributed by atoms with Crippen molar-refractivity contribution < 1.29 is 4.42 Å². The lowest BCUT2D eigenvalue weighted by atomic mass is 9.33. The summed E-state index contributed by atoms with van der Waals surface area (Å²) in [6.45, 7) is 27.4. The van der Waals surface area contributed by atoms with Gasteiger partial charge in [0.25, 0.3) is 6.71 Å². The van der Waals surface area contributed by atoms with Crippen LogP contribution in [0.3, 0.4) is 0 Å². The minimum Gasteiger partial charge on any atom is -0.436 e. The quantitative estimate of drug-likeness (QED) is 0.112. The van der Waals surface area contributed by atoms with E-state index in [1.807, 2.05) is 0 Å². The topological polar surface area (TPSA) is 32.5 Å². The van der Waals surface area contributed by atoms with Crippen LogP contribution in [0.4, 0.5) is 34.1 Å². The van der Waals surface area contributed by atoms with Crippen molar-refractivity contribution in [1.82, 2.24) is 4.98 Å². The number of aromatic nitrogens is 1. The summed E-state index contributed by atoms with van der Waals surface area (Å²) in [6.07, 6.45) is 0. The van der Waals surface area contributed by atoms with Gasteiger partial charge in [-0.3, -0.25) is 0 Å². The van der Waals surface area contributed by atoms with Crippen molar-refractivity contribution in [2.75, 3.05) is 9.80 Å². The average molecular weight is 1100 g/mol. The lowest BCUT2D eigenvalue weighted by Crippen LogP contribution is -2.75. The Labute approximate surface area is 493 Å². The largest absolute Gasteiger partial charge is 0.436 e. The molecule has 410 valence electrons. The maximum atomic E-state index is 7.01. The van der Waals surface area contributed by atoms with E-state index in [0.29, 0.717) is 5.89 Å². The molecule has 0 amide bonds. The Morgan fingerprint density at radius 1 is 0.349 bits per heavy atom. The highest BCUT2D eigenvalue weighted by atomic mass is 28.3. The molecule has 3 heterocycles. The van der Waals surface area contributed by atoms with Gasteiger partial charge in [0, 0.05) is 39.7 Å². The zero-order chi connectivity index (χ0) is 57.8. The smallest absolute Gasteiger partial charge is 0.252 e. The van der Waals surface area contributed by atoms with E-state index in [1.165, 1.54) is 76.3 Å². The van der Waals surface area contributed by atoms with Crippen LogP contribution in [0.2, 0.25) is 0 Å². The van der Waals surface area contributed by atoms with Gasteiger partial charge >= 0.3 is 0 Å². The maximum Gasteiger partial charge on any atom is 0.252 e. The number of anilines is 6. The predicted octanol–water partition coefficient (Wildman–Crippen LogP) is 15.8. The molecule has 83 heavy (non-hydrogen) atoms. The second-order valence-corrected chi connectivity index (χ2v) is 31.1. The van der Waals surface area contributed by atoms with E-state index in [9.17, 15) is 0 Å². The molecule has 0 radical (unpaired) electrons. The number of fused-ring (bicyclic) bond motifs is 5. The molecule has 0 N–H and O–H groups in total.